The van der Waals surface area contributed by atoms with Crippen LogP contribution in [0.3, 0.4) is 0 Å². The number of anilines is 2. The molecule has 0 heterocycles. The van der Waals surface area contributed by atoms with Crippen LogP contribution in [0.2, 0.25) is 0 Å². The second-order valence-corrected chi connectivity index (χ2v) is 26.4. The summed E-state index contributed by atoms with van der Waals surface area (Å²) in [6.07, 6.45) is 1.82. The summed E-state index contributed by atoms with van der Waals surface area (Å²) in [7, 11) is 7.78. The molecule has 0 unspecified atom stereocenters. The van der Waals surface area contributed by atoms with Crippen molar-refractivity contribution in [3.63, 3.8) is 0 Å². The molecule has 0 saturated heterocycles. The van der Waals surface area contributed by atoms with Gasteiger partial charge in [0, 0.05) is 103 Å². The normalized spacial score (nSPS) is 11.4. The zero-order valence-corrected chi connectivity index (χ0v) is 62.3. The first kappa shape index (κ1) is 87.9. The number of hydrogen-bond acceptors (Lipinski definition) is 19. The Morgan fingerprint density at radius 3 is 1.15 bits per heavy atom. The van der Waals surface area contributed by atoms with Gasteiger partial charge in [-0.25, -0.2) is 22.4 Å². The van der Waals surface area contributed by atoms with Gasteiger partial charge in [0.15, 0.2) is 46.3 Å². The summed E-state index contributed by atoms with van der Waals surface area (Å²) in [5, 5.41) is 37.1. The lowest BCUT2D eigenvalue weighted by atomic mass is 10.0. The number of carbonyl (C=O) groups excluding carboxylic acids is 7. The SMILES string of the molecule is C.CN(C)c1ccc(N=Nc2ccc(C(=O)NCCc3cc(F)c(OCC(=O)[C@H](CCCCN)NC(=O)c4cccc(N=[N+]=[N-])c4)c(F)c3)cc2)cc1.CN(C)c1ccc(N=Nc2ccc(C(=O)NCCc3cc(F)c(OCC(=O)[C@H](CCCCNC(=O)OC(C)(C)C)NC(=O)c4cccc(N=[N+]=[N-])c4)c(F)c3)cc2)cc1. The summed E-state index contributed by atoms with van der Waals surface area (Å²) in [5.41, 5.74) is 28.8. The number of azide groups is 2. The van der Waals surface area contributed by atoms with Gasteiger partial charge in [-0.05, 0) is 246 Å². The molecule has 112 heavy (non-hydrogen) atoms. The van der Waals surface area contributed by atoms with Crippen molar-refractivity contribution < 1.29 is 65.3 Å². The van der Waals surface area contributed by atoms with Crippen LogP contribution in [0.4, 0.5) is 67.9 Å². The molecule has 0 radical (unpaired) electrons. The van der Waals surface area contributed by atoms with E-state index in [1.165, 1.54) is 48.5 Å². The van der Waals surface area contributed by atoms with E-state index in [9.17, 15) is 42.3 Å². The van der Waals surface area contributed by atoms with Crippen LogP contribution in [-0.4, -0.2) is 127 Å². The fourth-order valence-corrected chi connectivity index (χ4v) is 10.4. The van der Waals surface area contributed by atoms with Crippen molar-refractivity contribution >= 4 is 86.8 Å². The summed E-state index contributed by atoms with van der Waals surface area (Å²) >= 11 is 0. The van der Waals surface area contributed by atoms with Crippen molar-refractivity contribution in [2.75, 3.05) is 77.4 Å². The number of carbonyl (C=O) groups is 7. The van der Waals surface area contributed by atoms with Crippen LogP contribution in [-0.2, 0) is 27.2 Å². The maximum absolute atomic E-state index is 15.1. The Balaban J connectivity index is 0.000000349. The van der Waals surface area contributed by atoms with Crippen molar-refractivity contribution in [2.45, 2.75) is 97.2 Å². The number of amides is 5. The molecular formula is C80H90F4N18O10. The van der Waals surface area contributed by atoms with Crippen LogP contribution in [0.5, 0.6) is 11.5 Å². The number of rotatable bonds is 37. The molecule has 0 bridgehead atoms. The number of unbranched alkanes of at least 4 members (excludes halogenated alkanes) is 2. The van der Waals surface area contributed by atoms with E-state index in [-0.39, 0.29) is 92.3 Å². The van der Waals surface area contributed by atoms with Gasteiger partial charge in [-0.15, -0.1) is 0 Å². The predicted molar refractivity (Wildman–Crippen MR) is 419 cm³/mol. The molecule has 0 saturated carbocycles. The van der Waals surface area contributed by atoms with Gasteiger partial charge in [0.25, 0.3) is 23.6 Å². The minimum atomic E-state index is -1.13. The van der Waals surface area contributed by atoms with E-state index in [2.05, 4.69) is 67.1 Å². The molecule has 8 aromatic carbocycles. The minimum absolute atomic E-state index is 0. The van der Waals surface area contributed by atoms with Crippen molar-refractivity contribution in [1.82, 2.24) is 26.6 Å². The lowest BCUT2D eigenvalue weighted by molar-refractivity contribution is -0.123. The van der Waals surface area contributed by atoms with Crippen molar-refractivity contribution in [1.29, 1.82) is 0 Å². The van der Waals surface area contributed by atoms with Crippen molar-refractivity contribution in [3.05, 3.63) is 247 Å². The molecule has 8 rings (SSSR count). The van der Waals surface area contributed by atoms with Gasteiger partial charge in [-0.3, -0.25) is 28.8 Å². The summed E-state index contributed by atoms with van der Waals surface area (Å²) in [4.78, 5) is 99.1. The molecule has 28 nitrogen and oxygen atoms in total. The number of hydrogen-bond donors (Lipinski definition) is 6. The van der Waals surface area contributed by atoms with Crippen molar-refractivity contribution in [2.24, 2.45) is 36.4 Å². The number of nitrogens with zero attached hydrogens (tertiary/aromatic N) is 12. The summed E-state index contributed by atoms with van der Waals surface area (Å²) in [6.45, 7) is 4.49. The Kier molecular flexibility index (Phi) is 34.9. The Labute approximate surface area is 645 Å². The fourth-order valence-electron chi connectivity index (χ4n) is 10.4. The number of alkyl carbamates (subject to hydrolysis) is 1. The lowest BCUT2D eigenvalue weighted by Gasteiger charge is -2.20. The lowest BCUT2D eigenvalue weighted by Crippen LogP contribution is -2.43. The molecule has 7 N–H and O–H groups in total. The molecule has 0 fully saturated rings. The van der Waals surface area contributed by atoms with Crippen LogP contribution >= 0.6 is 0 Å². The van der Waals surface area contributed by atoms with Crippen LogP contribution < -0.4 is 51.6 Å². The van der Waals surface area contributed by atoms with E-state index in [0.717, 1.165) is 35.6 Å². The third kappa shape index (κ3) is 29.2. The summed E-state index contributed by atoms with van der Waals surface area (Å²) in [6, 6.07) is 41.9. The molecule has 2 atom stereocenters. The molecule has 0 aliphatic carbocycles. The largest absolute Gasteiger partial charge is 0.480 e. The zero-order valence-electron chi connectivity index (χ0n) is 62.3. The molecule has 32 heteroatoms. The van der Waals surface area contributed by atoms with Crippen LogP contribution in [0.25, 0.3) is 20.9 Å². The molecular weight excluding hydrogens is 1450 g/mol. The summed E-state index contributed by atoms with van der Waals surface area (Å²) in [5.74, 6) is -8.96. The summed E-state index contributed by atoms with van der Waals surface area (Å²) < 4.78 is 75.9. The molecule has 0 aliphatic heterocycles. The average Bonchev–Trinajstić information content (AvgIpc) is 0.837. The van der Waals surface area contributed by atoms with Crippen LogP contribution in [0.15, 0.2) is 201 Å². The fraction of sp³-hybridized carbons (Fsp3) is 0.312. The van der Waals surface area contributed by atoms with E-state index in [1.54, 1.807) is 69.3 Å². The third-order valence-corrected chi connectivity index (χ3v) is 16.2. The predicted octanol–water partition coefficient (Wildman–Crippen LogP) is 16.7. The zero-order chi connectivity index (χ0) is 80.4. The van der Waals surface area contributed by atoms with E-state index >= 15 is 8.78 Å². The number of ketones is 2. The highest BCUT2D eigenvalue weighted by atomic mass is 19.1. The number of azo groups is 2. The number of halogens is 4. The molecule has 5 amide bonds. The van der Waals surface area contributed by atoms with E-state index < -0.39 is 101 Å². The molecule has 0 spiro atoms. The standard InChI is InChI=1S/C42H47F2N9O6.C37H39F2N9O4.CH4/c1-42(2,3)59-41(57)47-21-7-6-11-36(48-40(56)29-9-8-10-32(25-29)51-52-45)37(54)26-58-38-34(43)23-27(24-35(38)44)20-22-46-39(55)28-12-14-30(15-13-28)49-50-31-16-18-33(19-17-31)53(4)5;1-48(2)30-15-13-28(14-16-30)45-44-27-11-9-25(10-12-27)36(50)42-19-17-24-20-31(38)35(32(39)21-24)52-23-34(49)33(8-3-4-18-40)43-37(51)26-6-5-7-29(22-26)46-47-41;/h8-10,12-19,23-25,36H,6-7,11,20-22,26H2,1-5H3,(H,46,55)(H,47,57)(H,48,56);5-7,9-16,20-22,33H,3-4,8,17-19,23,40H2,1-2H3,(H,42,50)(H,43,51);1H4/t36-;33-;/m00./s1. The van der Waals surface area contributed by atoms with Gasteiger partial charge in [0.1, 0.15) is 18.8 Å². The Bertz CT molecular complexity index is 4640. The van der Waals surface area contributed by atoms with Gasteiger partial charge in [0.05, 0.1) is 34.8 Å². The second kappa shape index (κ2) is 44.4. The van der Waals surface area contributed by atoms with E-state index in [4.69, 9.17) is 31.0 Å². The number of nitrogens with two attached hydrogens (primary N) is 1. The molecule has 8 aromatic rings. The van der Waals surface area contributed by atoms with Gasteiger partial charge in [-0.1, -0.05) is 41.9 Å². The van der Waals surface area contributed by atoms with Crippen molar-refractivity contribution in [3.8, 4) is 11.5 Å². The first-order chi connectivity index (χ1) is 53.2. The first-order valence-corrected chi connectivity index (χ1v) is 35.2. The van der Waals surface area contributed by atoms with Gasteiger partial charge >= 0.3 is 6.09 Å². The van der Waals surface area contributed by atoms with Gasteiger partial charge in [0.2, 0.25) is 0 Å². The highest BCUT2D eigenvalue weighted by Crippen LogP contribution is 2.29. The van der Waals surface area contributed by atoms with E-state index in [0.29, 0.717) is 66.1 Å². The quantitative estimate of drug-likeness (QED) is 0.00694. The smallest absolute Gasteiger partial charge is 0.407 e. The molecule has 0 aliphatic rings. The van der Waals surface area contributed by atoms with Crippen LogP contribution in [0, 0.1) is 23.3 Å². The minimum Gasteiger partial charge on any atom is -0.480 e. The maximum atomic E-state index is 15.1. The van der Waals surface area contributed by atoms with E-state index in [1.807, 2.05) is 86.5 Å². The number of nitrogens with one attached hydrogen (secondary N) is 5. The number of Topliss-reactive ketones (excluding diaryl/α,β-unsaturated/α-hetero) is 2. The monoisotopic (exact) mass is 1540 g/mol. The maximum Gasteiger partial charge on any atom is 0.407 e. The second-order valence-electron chi connectivity index (χ2n) is 26.4. The van der Waals surface area contributed by atoms with Gasteiger partial charge < -0.3 is 56.3 Å². The Morgan fingerprint density at radius 2 is 0.812 bits per heavy atom. The first-order valence-electron chi connectivity index (χ1n) is 35.2. The molecule has 588 valence electrons. The highest BCUT2D eigenvalue weighted by molar-refractivity contribution is 6.00. The topological polar surface area (TPSA) is 387 Å². The van der Waals surface area contributed by atoms with Gasteiger partial charge in [-0.2, -0.15) is 20.5 Å². The Hall–Kier alpha value is -13.1. The molecule has 0 aromatic heterocycles. The number of ether oxygens (including phenoxy) is 3. The highest BCUT2D eigenvalue weighted by Gasteiger charge is 2.27. The van der Waals surface area contributed by atoms with Crippen LogP contribution in [0.1, 0.15) is 119 Å². The average molecular weight is 1540 g/mol. The Morgan fingerprint density at radius 1 is 0.455 bits per heavy atom. The third-order valence-electron chi connectivity index (χ3n) is 16.2. The number of benzene rings is 8.